The van der Waals surface area contributed by atoms with Crippen molar-refractivity contribution in [1.82, 2.24) is 4.98 Å². The summed E-state index contributed by atoms with van der Waals surface area (Å²) in [5.74, 6) is -0.242. The van der Waals surface area contributed by atoms with E-state index < -0.39 is 4.75 Å². The highest BCUT2D eigenvalue weighted by Crippen LogP contribution is 2.37. The summed E-state index contributed by atoms with van der Waals surface area (Å²) in [6, 6.07) is 13.4. The molecule has 0 atom stereocenters. The molecule has 0 spiro atoms. The number of rotatable bonds is 5. The Morgan fingerprint density at radius 2 is 2.04 bits per heavy atom. The van der Waals surface area contributed by atoms with Gasteiger partial charge in [0.1, 0.15) is 10.8 Å². The summed E-state index contributed by atoms with van der Waals surface area (Å²) in [6.45, 7) is 5.87. The minimum absolute atomic E-state index is 0.242. The van der Waals surface area contributed by atoms with Crippen molar-refractivity contribution in [2.75, 3.05) is 6.61 Å². The van der Waals surface area contributed by atoms with E-state index in [1.165, 1.54) is 11.8 Å². The zero-order valence-corrected chi connectivity index (χ0v) is 17.4. The van der Waals surface area contributed by atoms with Crippen LogP contribution < -0.4 is 0 Å². The van der Waals surface area contributed by atoms with Crippen molar-refractivity contribution in [2.45, 2.75) is 30.4 Å². The molecule has 0 aliphatic carbocycles. The molecule has 0 saturated carbocycles. The van der Waals surface area contributed by atoms with Crippen molar-refractivity contribution in [3.05, 3.63) is 59.4 Å². The van der Waals surface area contributed by atoms with Gasteiger partial charge in [-0.3, -0.25) is 9.78 Å². The van der Waals surface area contributed by atoms with Crippen molar-refractivity contribution in [3.63, 3.8) is 0 Å². The first-order valence-electron chi connectivity index (χ1n) is 8.79. The normalized spacial score (nSPS) is 11.2. The second-order valence-electron chi connectivity index (χ2n) is 6.71. The van der Waals surface area contributed by atoms with Gasteiger partial charge < -0.3 is 4.74 Å². The molecule has 0 fully saturated rings. The number of pyridine rings is 1. The van der Waals surface area contributed by atoms with Crippen molar-refractivity contribution < 1.29 is 9.53 Å². The molecule has 4 nitrogen and oxygen atoms in total. The lowest BCUT2D eigenvalue weighted by molar-refractivity contribution is -0.145. The number of hydrogen-bond acceptors (Lipinski definition) is 5. The van der Waals surface area contributed by atoms with Gasteiger partial charge >= 0.3 is 5.97 Å². The number of esters is 1. The van der Waals surface area contributed by atoms with Crippen LogP contribution in [0.3, 0.4) is 0 Å². The second kappa shape index (κ2) is 8.22. The summed E-state index contributed by atoms with van der Waals surface area (Å²) in [7, 11) is 0. The lowest BCUT2D eigenvalue weighted by atomic mass is 10.00. The molecule has 3 rings (SSSR count). The van der Waals surface area contributed by atoms with E-state index in [1.807, 2.05) is 38.1 Å². The lowest BCUT2D eigenvalue weighted by Crippen LogP contribution is -2.29. The number of benzene rings is 2. The molecule has 3 aromatic rings. The van der Waals surface area contributed by atoms with Gasteiger partial charge in [-0.2, -0.15) is 5.26 Å². The summed E-state index contributed by atoms with van der Waals surface area (Å²) >= 11 is 7.67. The summed E-state index contributed by atoms with van der Waals surface area (Å²) in [5.41, 5.74) is 2.24. The molecule has 1 heterocycles. The fourth-order valence-corrected chi connectivity index (χ4v) is 4.12. The maximum atomic E-state index is 12.2. The molecule has 0 saturated heterocycles. The Bertz CT molecular complexity index is 1090. The standard InChI is InChI=1S/C22H19ClN2O2S/c1-4-27-21(26)22(2,3)28-17-8-7-16-12-25-13-19(18(16)10-17)14-5-6-15(11-24)20(23)9-14/h5-10,12-13H,4H2,1-3H3. The Balaban J connectivity index is 2.04. The number of carbonyl (C=O) groups is 1. The molecule has 0 aliphatic heterocycles. The largest absolute Gasteiger partial charge is 0.465 e. The molecule has 142 valence electrons. The Morgan fingerprint density at radius 1 is 1.25 bits per heavy atom. The smallest absolute Gasteiger partial charge is 0.321 e. The van der Waals surface area contributed by atoms with Gasteiger partial charge in [-0.15, -0.1) is 11.8 Å². The van der Waals surface area contributed by atoms with Crippen molar-refractivity contribution in [2.24, 2.45) is 0 Å². The zero-order chi connectivity index (χ0) is 20.3. The maximum Gasteiger partial charge on any atom is 0.321 e. The topological polar surface area (TPSA) is 63.0 Å². The van der Waals surface area contributed by atoms with Crippen LogP contribution in [0.2, 0.25) is 5.02 Å². The van der Waals surface area contributed by atoms with Crippen molar-refractivity contribution in [1.29, 1.82) is 5.26 Å². The Morgan fingerprint density at radius 3 is 2.71 bits per heavy atom. The predicted molar refractivity (Wildman–Crippen MR) is 113 cm³/mol. The fraction of sp³-hybridized carbons (Fsp3) is 0.227. The summed E-state index contributed by atoms with van der Waals surface area (Å²) < 4.78 is 4.48. The molecule has 0 bridgehead atoms. The minimum atomic E-state index is -0.700. The van der Waals surface area contributed by atoms with E-state index in [2.05, 4.69) is 11.1 Å². The molecular formula is C22H19ClN2O2S. The zero-order valence-electron chi connectivity index (χ0n) is 15.8. The quantitative estimate of drug-likeness (QED) is 0.389. The van der Waals surface area contributed by atoms with E-state index in [9.17, 15) is 4.79 Å². The number of halogens is 1. The average Bonchev–Trinajstić information content (AvgIpc) is 2.67. The number of ether oxygens (including phenoxy) is 1. The van der Waals surface area contributed by atoms with Gasteiger partial charge in [-0.05, 0) is 56.0 Å². The van der Waals surface area contributed by atoms with Crippen LogP contribution in [0.4, 0.5) is 0 Å². The van der Waals surface area contributed by atoms with E-state index in [0.29, 0.717) is 17.2 Å². The van der Waals surface area contributed by atoms with Gasteiger partial charge in [0.15, 0.2) is 0 Å². The van der Waals surface area contributed by atoms with Crippen LogP contribution in [0.15, 0.2) is 53.7 Å². The van der Waals surface area contributed by atoms with E-state index in [-0.39, 0.29) is 5.97 Å². The lowest BCUT2D eigenvalue weighted by Gasteiger charge is -2.22. The Labute approximate surface area is 173 Å². The highest BCUT2D eigenvalue weighted by atomic mass is 35.5. The van der Waals surface area contributed by atoms with Gasteiger partial charge in [-0.1, -0.05) is 23.7 Å². The van der Waals surface area contributed by atoms with E-state index in [4.69, 9.17) is 21.6 Å². The first-order valence-corrected chi connectivity index (χ1v) is 9.99. The third-order valence-corrected chi connectivity index (χ3v) is 5.75. The first kappa shape index (κ1) is 20.2. The van der Waals surface area contributed by atoms with E-state index in [1.54, 1.807) is 31.5 Å². The number of fused-ring (bicyclic) bond motifs is 1. The van der Waals surface area contributed by atoms with Crippen LogP contribution in [-0.4, -0.2) is 22.3 Å². The Hall–Kier alpha value is -2.55. The first-order chi connectivity index (χ1) is 13.4. The number of hydrogen-bond donors (Lipinski definition) is 0. The molecule has 28 heavy (non-hydrogen) atoms. The van der Waals surface area contributed by atoms with Crippen LogP contribution in [0.25, 0.3) is 21.9 Å². The maximum absolute atomic E-state index is 12.2. The van der Waals surface area contributed by atoms with Gasteiger partial charge in [-0.25, -0.2) is 0 Å². The Kier molecular flexibility index (Phi) is 5.93. The third-order valence-electron chi connectivity index (χ3n) is 4.27. The van der Waals surface area contributed by atoms with Gasteiger partial charge in [0, 0.05) is 28.2 Å². The van der Waals surface area contributed by atoms with E-state index in [0.717, 1.165) is 26.8 Å². The molecule has 0 unspecified atom stereocenters. The minimum Gasteiger partial charge on any atom is -0.465 e. The molecule has 0 aliphatic rings. The molecule has 0 amide bonds. The van der Waals surface area contributed by atoms with Crippen molar-refractivity contribution >= 4 is 40.1 Å². The summed E-state index contributed by atoms with van der Waals surface area (Å²) in [4.78, 5) is 17.5. The van der Waals surface area contributed by atoms with Gasteiger partial charge in [0.25, 0.3) is 0 Å². The highest BCUT2D eigenvalue weighted by Gasteiger charge is 2.30. The number of carbonyl (C=O) groups excluding carboxylic acids is 1. The van der Waals surface area contributed by atoms with Crippen LogP contribution in [0, 0.1) is 11.3 Å². The molecule has 0 radical (unpaired) electrons. The predicted octanol–water partition coefficient (Wildman–Crippen LogP) is 5.86. The number of aromatic nitrogens is 1. The van der Waals surface area contributed by atoms with Crippen LogP contribution in [0.5, 0.6) is 0 Å². The van der Waals surface area contributed by atoms with Gasteiger partial charge in [0.2, 0.25) is 0 Å². The SMILES string of the molecule is CCOC(=O)C(C)(C)Sc1ccc2cncc(-c3ccc(C#N)c(Cl)c3)c2c1. The average molecular weight is 411 g/mol. The van der Waals surface area contributed by atoms with Gasteiger partial charge in [0.05, 0.1) is 17.2 Å². The number of nitrogens with zero attached hydrogens (tertiary/aromatic N) is 2. The molecule has 0 N–H and O–H groups in total. The molecular weight excluding hydrogens is 392 g/mol. The number of nitriles is 1. The second-order valence-corrected chi connectivity index (χ2v) is 8.81. The molecule has 1 aromatic heterocycles. The van der Waals surface area contributed by atoms with E-state index >= 15 is 0 Å². The highest BCUT2D eigenvalue weighted by molar-refractivity contribution is 8.01. The van der Waals surface area contributed by atoms with Crippen molar-refractivity contribution in [3.8, 4) is 17.2 Å². The van der Waals surface area contributed by atoms with Crippen LogP contribution in [0.1, 0.15) is 26.3 Å². The monoisotopic (exact) mass is 410 g/mol. The van der Waals surface area contributed by atoms with Crippen LogP contribution >= 0.6 is 23.4 Å². The third kappa shape index (κ3) is 4.14. The summed E-state index contributed by atoms with van der Waals surface area (Å²) in [5, 5.41) is 11.5. The number of thioether (sulfide) groups is 1. The molecule has 6 heteroatoms. The summed E-state index contributed by atoms with van der Waals surface area (Å²) in [6.07, 6.45) is 3.58. The molecule has 2 aromatic carbocycles. The van der Waals surface area contributed by atoms with Crippen LogP contribution in [-0.2, 0) is 9.53 Å². The fourth-order valence-electron chi connectivity index (χ4n) is 2.85.